The van der Waals surface area contributed by atoms with E-state index in [4.69, 9.17) is 5.73 Å². The summed E-state index contributed by atoms with van der Waals surface area (Å²) in [5.41, 5.74) is 11.4. The number of thioether (sulfide) groups is 1. The Morgan fingerprint density at radius 1 is 0.947 bits per heavy atom. The molecule has 1 atom stereocenters. The third kappa shape index (κ3) is 3.85. The van der Waals surface area contributed by atoms with Crippen LogP contribution in [0.2, 0.25) is 0 Å². The van der Waals surface area contributed by atoms with Crippen LogP contribution >= 0.6 is 11.8 Å². The van der Waals surface area contributed by atoms with E-state index in [-0.39, 0.29) is 6.04 Å². The number of rotatable bonds is 4. The van der Waals surface area contributed by atoms with Crippen LogP contribution in [0.15, 0.2) is 47.4 Å². The second-order valence-electron chi connectivity index (χ2n) is 5.07. The predicted molar refractivity (Wildman–Crippen MR) is 84.7 cm³/mol. The van der Waals surface area contributed by atoms with Crippen LogP contribution in [-0.4, -0.2) is 5.75 Å². The number of nitrogens with two attached hydrogens (primary N) is 1. The highest BCUT2D eigenvalue weighted by atomic mass is 32.2. The molecule has 0 saturated heterocycles. The molecule has 0 amide bonds. The fourth-order valence-corrected chi connectivity index (χ4v) is 2.80. The van der Waals surface area contributed by atoms with Crippen molar-refractivity contribution in [2.75, 3.05) is 5.75 Å². The Morgan fingerprint density at radius 3 is 2.26 bits per heavy atom. The van der Waals surface area contributed by atoms with Crippen molar-refractivity contribution in [1.29, 1.82) is 0 Å². The smallest absolute Gasteiger partial charge is 0.0390 e. The predicted octanol–water partition coefficient (Wildman–Crippen LogP) is 4.40. The highest BCUT2D eigenvalue weighted by Gasteiger charge is 2.07. The second-order valence-corrected chi connectivity index (χ2v) is 6.17. The first-order valence-corrected chi connectivity index (χ1v) is 7.57. The maximum absolute atomic E-state index is 6.27. The van der Waals surface area contributed by atoms with E-state index in [1.165, 1.54) is 27.1 Å². The molecule has 0 aliphatic carbocycles. The lowest BCUT2D eigenvalue weighted by molar-refractivity contribution is 0.829. The molecular weight excluding hydrogens is 250 g/mol. The molecule has 2 aromatic carbocycles. The van der Waals surface area contributed by atoms with Crippen LogP contribution < -0.4 is 5.73 Å². The molecule has 19 heavy (non-hydrogen) atoms. The zero-order valence-corrected chi connectivity index (χ0v) is 12.6. The Morgan fingerprint density at radius 2 is 1.63 bits per heavy atom. The quantitative estimate of drug-likeness (QED) is 0.834. The number of hydrogen-bond donors (Lipinski definition) is 1. The van der Waals surface area contributed by atoms with Crippen molar-refractivity contribution in [1.82, 2.24) is 0 Å². The lowest BCUT2D eigenvalue weighted by atomic mass is 10.0. The van der Waals surface area contributed by atoms with Crippen LogP contribution in [-0.2, 0) is 0 Å². The molecule has 0 heterocycles. The molecule has 0 spiro atoms. The van der Waals surface area contributed by atoms with E-state index >= 15 is 0 Å². The van der Waals surface area contributed by atoms with Crippen molar-refractivity contribution in [3.05, 3.63) is 64.7 Å². The third-order valence-corrected chi connectivity index (χ3v) is 4.54. The van der Waals surface area contributed by atoms with Gasteiger partial charge >= 0.3 is 0 Å². The van der Waals surface area contributed by atoms with Crippen LogP contribution in [0.4, 0.5) is 0 Å². The summed E-state index contributed by atoms with van der Waals surface area (Å²) in [7, 11) is 0. The first-order chi connectivity index (χ1) is 9.06. The van der Waals surface area contributed by atoms with E-state index in [0.717, 1.165) is 5.75 Å². The van der Waals surface area contributed by atoms with Gasteiger partial charge in [-0.05, 0) is 49.6 Å². The van der Waals surface area contributed by atoms with Gasteiger partial charge < -0.3 is 5.73 Å². The first-order valence-electron chi connectivity index (χ1n) is 6.58. The van der Waals surface area contributed by atoms with Crippen molar-refractivity contribution in [3.8, 4) is 0 Å². The molecule has 1 nitrogen and oxygen atoms in total. The summed E-state index contributed by atoms with van der Waals surface area (Å²) >= 11 is 1.82. The Balaban J connectivity index is 1.98. The van der Waals surface area contributed by atoms with Gasteiger partial charge in [-0.2, -0.15) is 0 Å². The van der Waals surface area contributed by atoms with Crippen LogP contribution in [0.5, 0.6) is 0 Å². The molecule has 100 valence electrons. The fraction of sp³-hybridized carbons (Fsp3) is 0.294. The standard InChI is InChI=1S/C17H21NS/c1-12-4-8-16(9-5-12)19-11-17(18)15-7-6-13(2)14(3)10-15/h4-10,17H,11,18H2,1-3H3. The molecule has 2 N–H and O–H groups in total. The van der Waals surface area contributed by atoms with Gasteiger partial charge in [-0.3, -0.25) is 0 Å². The summed E-state index contributed by atoms with van der Waals surface area (Å²) in [6, 6.07) is 15.2. The molecular formula is C17H21NS. The molecule has 2 aromatic rings. The lowest BCUT2D eigenvalue weighted by Gasteiger charge is -2.13. The lowest BCUT2D eigenvalue weighted by Crippen LogP contribution is -2.13. The number of benzene rings is 2. The minimum Gasteiger partial charge on any atom is -0.323 e. The van der Waals surface area contributed by atoms with Crippen molar-refractivity contribution in [2.45, 2.75) is 31.7 Å². The Bertz CT molecular complexity index is 546. The molecule has 0 aliphatic rings. The van der Waals surface area contributed by atoms with E-state index in [9.17, 15) is 0 Å². The van der Waals surface area contributed by atoms with Gasteiger partial charge in [-0.15, -0.1) is 11.8 Å². The van der Waals surface area contributed by atoms with E-state index in [1.807, 2.05) is 11.8 Å². The summed E-state index contributed by atoms with van der Waals surface area (Å²) in [6.45, 7) is 6.37. The average Bonchev–Trinajstić information content (AvgIpc) is 2.41. The summed E-state index contributed by atoms with van der Waals surface area (Å²) in [6.07, 6.45) is 0. The average molecular weight is 271 g/mol. The maximum atomic E-state index is 6.27. The topological polar surface area (TPSA) is 26.0 Å². The molecule has 0 radical (unpaired) electrons. The van der Waals surface area contributed by atoms with Crippen molar-refractivity contribution in [2.24, 2.45) is 5.73 Å². The summed E-state index contributed by atoms with van der Waals surface area (Å²) in [5, 5.41) is 0. The minimum absolute atomic E-state index is 0.0885. The molecule has 1 unspecified atom stereocenters. The van der Waals surface area contributed by atoms with Gasteiger partial charge in [0.1, 0.15) is 0 Å². The monoisotopic (exact) mass is 271 g/mol. The normalized spacial score (nSPS) is 12.4. The highest BCUT2D eigenvalue weighted by Crippen LogP contribution is 2.24. The van der Waals surface area contributed by atoms with Gasteiger partial charge in [0.15, 0.2) is 0 Å². The number of hydrogen-bond acceptors (Lipinski definition) is 2. The number of aryl methyl sites for hydroxylation is 3. The van der Waals surface area contributed by atoms with Gasteiger partial charge in [-0.1, -0.05) is 35.9 Å². The Kier molecular flexibility index (Phi) is 4.67. The zero-order chi connectivity index (χ0) is 13.8. The first kappa shape index (κ1) is 14.2. The Hall–Kier alpha value is -1.25. The van der Waals surface area contributed by atoms with Gasteiger partial charge in [0, 0.05) is 16.7 Å². The van der Waals surface area contributed by atoms with Crippen LogP contribution in [0.25, 0.3) is 0 Å². The van der Waals surface area contributed by atoms with E-state index < -0.39 is 0 Å². The molecule has 2 heteroatoms. The van der Waals surface area contributed by atoms with Crippen molar-refractivity contribution >= 4 is 11.8 Å². The molecule has 0 aliphatic heterocycles. The van der Waals surface area contributed by atoms with E-state index in [0.29, 0.717) is 0 Å². The van der Waals surface area contributed by atoms with Gasteiger partial charge in [0.25, 0.3) is 0 Å². The van der Waals surface area contributed by atoms with Crippen LogP contribution in [0.1, 0.15) is 28.3 Å². The summed E-state index contributed by atoms with van der Waals surface area (Å²) in [4.78, 5) is 1.28. The van der Waals surface area contributed by atoms with Gasteiger partial charge in [0.05, 0.1) is 0 Å². The van der Waals surface area contributed by atoms with Gasteiger partial charge in [0.2, 0.25) is 0 Å². The van der Waals surface area contributed by atoms with Crippen LogP contribution in [0, 0.1) is 20.8 Å². The molecule has 0 fully saturated rings. The largest absolute Gasteiger partial charge is 0.323 e. The Labute approximate surface area is 120 Å². The van der Waals surface area contributed by atoms with E-state index in [2.05, 4.69) is 63.2 Å². The molecule has 0 aromatic heterocycles. The fourth-order valence-electron chi connectivity index (χ4n) is 1.91. The summed E-state index contributed by atoms with van der Waals surface area (Å²) in [5.74, 6) is 0.908. The van der Waals surface area contributed by atoms with E-state index in [1.54, 1.807) is 0 Å². The minimum atomic E-state index is 0.0885. The molecule has 2 rings (SSSR count). The second kappa shape index (κ2) is 6.27. The van der Waals surface area contributed by atoms with Crippen molar-refractivity contribution in [3.63, 3.8) is 0 Å². The zero-order valence-electron chi connectivity index (χ0n) is 11.8. The van der Waals surface area contributed by atoms with Crippen LogP contribution in [0.3, 0.4) is 0 Å². The molecule has 0 saturated carbocycles. The van der Waals surface area contributed by atoms with Gasteiger partial charge in [-0.25, -0.2) is 0 Å². The third-order valence-electron chi connectivity index (χ3n) is 3.41. The molecule has 0 bridgehead atoms. The highest BCUT2D eigenvalue weighted by molar-refractivity contribution is 7.99. The summed E-state index contributed by atoms with van der Waals surface area (Å²) < 4.78 is 0. The maximum Gasteiger partial charge on any atom is 0.0390 e. The van der Waals surface area contributed by atoms with Crippen molar-refractivity contribution < 1.29 is 0 Å². The SMILES string of the molecule is Cc1ccc(SCC(N)c2ccc(C)c(C)c2)cc1.